The molecule has 0 saturated heterocycles. The largest absolute Gasteiger partial charge is 0.491 e. The first kappa shape index (κ1) is 11.7. The minimum absolute atomic E-state index is 0.227. The molecule has 7 heteroatoms. The maximum absolute atomic E-state index is 9.60. The highest BCUT2D eigenvalue weighted by Gasteiger charge is 2.27. The normalized spacial score (nSPS) is 12.9. The average molecular weight is 253 g/mol. The lowest BCUT2D eigenvalue weighted by Crippen LogP contribution is -2.27. The fourth-order valence-corrected chi connectivity index (χ4v) is 1.80. The second-order valence-corrected chi connectivity index (χ2v) is 3.98. The van der Waals surface area contributed by atoms with Gasteiger partial charge in [-0.15, -0.1) is 0 Å². The van der Waals surface area contributed by atoms with Crippen LogP contribution in [0.2, 0.25) is 0 Å². The molecular weight excluding hydrogens is 245 g/mol. The van der Waals surface area contributed by atoms with Crippen LogP contribution in [0.4, 0.5) is 0 Å². The SMILES string of the molecule is N#Cc1cnc(Oc2ccc3c(c2)B(O)OC3)cn1. The van der Waals surface area contributed by atoms with Crippen LogP contribution in [-0.4, -0.2) is 22.1 Å². The summed E-state index contributed by atoms with van der Waals surface area (Å²) in [4.78, 5) is 7.81. The van der Waals surface area contributed by atoms with E-state index < -0.39 is 7.12 Å². The van der Waals surface area contributed by atoms with Crippen molar-refractivity contribution in [1.82, 2.24) is 9.97 Å². The smallest absolute Gasteiger partial charge is 0.438 e. The fourth-order valence-electron chi connectivity index (χ4n) is 1.80. The summed E-state index contributed by atoms with van der Waals surface area (Å²) in [6.07, 6.45) is 2.71. The Kier molecular flexibility index (Phi) is 2.87. The molecule has 1 aliphatic rings. The van der Waals surface area contributed by atoms with Crippen molar-refractivity contribution < 1.29 is 14.4 Å². The van der Waals surface area contributed by atoms with E-state index in [2.05, 4.69) is 9.97 Å². The number of rotatable bonds is 2. The topological polar surface area (TPSA) is 88.3 Å². The molecule has 0 spiro atoms. The van der Waals surface area contributed by atoms with Gasteiger partial charge in [0.1, 0.15) is 11.8 Å². The van der Waals surface area contributed by atoms with Crippen LogP contribution in [0.15, 0.2) is 30.6 Å². The number of hydrogen-bond acceptors (Lipinski definition) is 6. The molecule has 1 N–H and O–H groups in total. The van der Waals surface area contributed by atoms with Crippen LogP contribution < -0.4 is 10.2 Å². The van der Waals surface area contributed by atoms with Crippen LogP contribution in [0.5, 0.6) is 11.6 Å². The maximum Gasteiger partial charge on any atom is 0.491 e. The third-order valence-electron chi connectivity index (χ3n) is 2.75. The highest BCUT2D eigenvalue weighted by Crippen LogP contribution is 2.20. The monoisotopic (exact) mass is 253 g/mol. The summed E-state index contributed by atoms with van der Waals surface area (Å²) in [7, 11) is -0.911. The second-order valence-electron chi connectivity index (χ2n) is 3.98. The molecule has 0 unspecified atom stereocenters. The number of fused-ring (bicyclic) bond motifs is 1. The van der Waals surface area contributed by atoms with Crippen LogP contribution in [-0.2, 0) is 11.3 Å². The molecule has 6 nitrogen and oxygen atoms in total. The van der Waals surface area contributed by atoms with Crippen molar-refractivity contribution in [1.29, 1.82) is 5.26 Å². The van der Waals surface area contributed by atoms with Gasteiger partial charge < -0.3 is 14.4 Å². The zero-order chi connectivity index (χ0) is 13.2. The van der Waals surface area contributed by atoms with E-state index in [9.17, 15) is 5.02 Å². The van der Waals surface area contributed by atoms with Gasteiger partial charge in [0.2, 0.25) is 5.88 Å². The Bertz CT molecular complexity index is 654. The summed E-state index contributed by atoms with van der Waals surface area (Å²) < 4.78 is 10.6. The van der Waals surface area contributed by atoms with E-state index >= 15 is 0 Å². The van der Waals surface area contributed by atoms with Gasteiger partial charge in [0.05, 0.1) is 19.0 Å². The molecular formula is C12H8BN3O3. The van der Waals surface area contributed by atoms with Gasteiger partial charge in [0, 0.05) is 0 Å². The number of aromatic nitrogens is 2. The lowest BCUT2D eigenvalue weighted by atomic mass is 9.79. The molecule has 19 heavy (non-hydrogen) atoms. The number of ether oxygens (including phenoxy) is 1. The van der Waals surface area contributed by atoms with Crippen LogP contribution in [0.1, 0.15) is 11.3 Å². The summed E-state index contributed by atoms with van der Waals surface area (Å²) in [5, 5.41) is 18.2. The molecule has 0 bridgehead atoms. The van der Waals surface area contributed by atoms with E-state index in [4.69, 9.17) is 14.7 Å². The molecule has 1 aliphatic heterocycles. The summed E-state index contributed by atoms with van der Waals surface area (Å²) in [6, 6.07) is 7.18. The molecule has 1 aromatic heterocycles. The van der Waals surface area contributed by atoms with Crippen LogP contribution in [0, 0.1) is 11.3 Å². The van der Waals surface area contributed by atoms with Crippen LogP contribution >= 0.6 is 0 Å². The van der Waals surface area contributed by atoms with Gasteiger partial charge in [-0.3, -0.25) is 0 Å². The van der Waals surface area contributed by atoms with Crippen LogP contribution in [0.25, 0.3) is 0 Å². The van der Waals surface area contributed by atoms with E-state index in [-0.39, 0.29) is 11.6 Å². The first-order valence-electron chi connectivity index (χ1n) is 5.59. The Morgan fingerprint density at radius 2 is 2.26 bits per heavy atom. The van der Waals surface area contributed by atoms with Gasteiger partial charge in [-0.05, 0) is 23.2 Å². The molecule has 0 aliphatic carbocycles. The molecule has 0 amide bonds. The van der Waals surface area contributed by atoms with Crippen molar-refractivity contribution >= 4 is 12.6 Å². The maximum atomic E-state index is 9.60. The van der Waals surface area contributed by atoms with Crippen molar-refractivity contribution in [2.75, 3.05) is 0 Å². The lowest BCUT2D eigenvalue weighted by molar-refractivity contribution is 0.275. The minimum Gasteiger partial charge on any atom is -0.438 e. The van der Waals surface area contributed by atoms with Crippen molar-refractivity contribution in [2.24, 2.45) is 0 Å². The summed E-state index contributed by atoms with van der Waals surface area (Å²) in [5.74, 6) is 0.815. The van der Waals surface area contributed by atoms with E-state index in [1.165, 1.54) is 12.4 Å². The Hall–Kier alpha value is -2.43. The number of hydrogen-bond donors (Lipinski definition) is 1. The predicted octanol–water partition coefficient (Wildman–Crippen LogP) is 0.358. The predicted molar refractivity (Wildman–Crippen MR) is 65.7 cm³/mol. The molecule has 0 fully saturated rings. The Balaban J connectivity index is 1.83. The molecule has 1 aromatic carbocycles. The third kappa shape index (κ3) is 2.27. The number of nitrogens with zero attached hydrogens (tertiary/aromatic N) is 3. The second kappa shape index (κ2) is 4.68. The van der Waals surface area contributed by atoms with Crippen LogP contribution in [0.3, 0.4) is 0 Å². The molecule has 0 atom stereocenters. The van der Waals surface area contributed by atoms with E-state index in [1.807, 2.05) is 12.1 Å². The average Bonchev–Trinajstić information content (AvgIpc) is 2.81. The van der Waals surface area contributed by atoms with Gasteiger partial charge in [0.25, 0.3) is 0 Å². The van der Waals surface area contributed by atoms with Gasteiger partial charge in [-0.1, -0.05) is 6.07 Å². The molecule has 2 aromatic rings. The van der Waals surface area contributed by atoms with E-state index in [0.717, 1.165) is 5.56 Å². The number of benzene rings is 1. The van der Waals surface area contributed by atoms with Gasteiger partial charge in [0.15, 0.2) is 5.69 Å². The Morgan fingerprint density at radius 1 is 1.37 bits per heavy atom. The van der Waals surface area contributed by atoms with E-state index in [0.29, 0.717) is 17.8 Å². The number of nitriles is 1. The van der Waals surface area contributed by atoms with Crippen molar-refractivity contribution in [3.63, 3.8) is 0 Å². The zero-order valence-corrected chi connectivity index (χ0v) is 9.78. The standard InChI is InChI=1S/C12H8BN3O3/c14-4-9-5-16-12(6-15-9)19-10-2-1-8-7-18-13(17)11(8)3-10/h1-3,5-6,17H,7H2. The Morgan fingerprint density at radius 3 is 3.00 bits per heavy atom. The zero-order valence-electron chi connectivity index (χ0n) is 9.78. The molecule has 92 valence electrons. The first-order chi connectivity index (χ1) is 9.26. The third-order valence-corrected chi connectivity index (χ3v) is 2.75. The van der Waals surface area contributed by atoms with Crippen molar-refractivity contribution in [3.8, 4) is 17.7 Å². The molecule has 0 radical (unpaired) electrons. The van der Waals surface area contributed by atoms with Gasteiger partial charge in [-0.25, -0.2) is 9.97 Å². The summed E-state index contributed by atoms with van der Waals surface area (Å²) in [5.41, 5.74) is 1.86. The van der Waals surface area contributed by atoms with Crippen molar-refractivity contribution in [2.45, 2.75) is 6.61 Å². The molecule has 2 heterocycles. The Labute approximate surface area is 109 Å². The molecule has 3 rings (SSSR count). The summed E-state index contributed by atoms with van der Waals surface area (Å²) >= 11 is 0. The first-order valence-corrected chi connectivity index (χ1v) is 5.59. The lowest BCUT2D eigenvalue weighted by Gasteiger charge is -2.06. The minimum atomic E-state index is -0.911. The fraction of sp³-hybridized carbons (Fsp3) is 0.0833. The van der Waals surface area contributed by atoms with Crippen molar-refractivity contribution in [3.05, 3.63) is 41.9 Å². The highest BCUT2D eigenvalue weighted by atomic mass is 16.5. The van der Waals surface area contributed by atoms with Gasteiger partial charge in [-0.2, -0.15) is 5.26 Å². The van der Waals surface area contributed by atoms with Gasteiger partial charge >= 0.3 is 7.12 Å². The van der Waals surface area contributed by atoms with E-state index in [1.54, 1.807) is 12.1 Å². The molecule has 0 saturated carbocycles. The quantitative estimate of drug-likeness (QED) is 0.777. The highest BCUT2D eigenvalue weighted by molar-refractivity contribution is 6.61. The summed E-state index contributed by atoms with van der Waals surface area (Å²) in [6.45, 7) is 0.396.